The molecular formula is C35H45N7O10S2. The number of hydrogen-bond acceptors (Lipinski definition) is 11. The SMILES string of the molecule is CCSC(SCC)[C@@H]1CCCN1C(=O)c1cc(OC)c(OCCCC(=O)Nc2cc(C(=O)Nc3cc(C(=O)NCC(=O)O)n(C)c3)n(C)c2)cc1[N+](=O)[O-]. The number of rotatable bonds is 19. The maximum absolute atomic E-state index is 13.8. The number of carboxylic acid groups (broad SMARTS) is 1. The monoisotopic (exact) mass is 787 g/mol. The Morgan fingerprint density at radius 3 is 2.19 bits per heavy atom. The number of nitro groups is 1. The molecule has 1 atom stereocenters. The Labute approximate surface area is 320 Å². The van der Waals surface area contributed by atoms with Crippen LogP contribution in [-0.4, -0.2) is 103 Å². The zero-order chi connectivity index (χ0) is 39.5. The van der Waals surface area contributed by atoms with Crippen molar-refractivity contribution in [3.05, 3.63) is 63.7 Å². The summed E-state index contributed by atoms with van der Waals surface area (Å²) in [6, 6.07) is 5.39. The summed E-state index contributed by atoms with van der Waals surface area (Å²) in [5.41, 5.74) is 0.568. The van der Waals surface area contributed by atoms with E-state index in [9.17, 15) is 34.1 Å². The second-order valence-electron chi connectivity index (χ2n) is 12.2. The van der Waals surface area contributed by atoms with E-state index in [0.29, 0.717) is 17.9 Å². The molecule has 1 aliphatic heterocycles. The second kappa shape index (κ2) is 19.2. The van der Waals surface area contributed by atoms with Gasteiger partial charge in [0, 0.05) is 45.5 Å². The van der Waals surface area contributed by atoms with Gasteiger partial charge in [-0.05, 0) is 42.9 Å². The first kappa shape index (κ1) is 41.6. The van der Waals surface area contributed by atoms with Gasteiger partial charge in [0.15, 0.2) is 11.5 Å². The molecule has 4 rings (SSSR count). The summed E-state index contributed by atoms with van der Waals surface area (Å²) in [6.07, 6.45) is 4.97. The van der Waals surface area contributed by atoms with Crippen LogP contribution in [0.3, 0.4) is 0 Å². The molecule has 3 aromatic rings. The van der Waals surface area contributed by atoms with Gasteiger partial charge in [0.25, 0.3) is 23.4 Å². The van der Waals surface area contributed by atoms with E-state index in [4.69, 9.17) is 14.6 Å². The molecule has 3 heterocycles. The third-order valence-electron chi connectivity index (χ3n) is 8.47. The van der Waals surface area contributed by atoms with Crippen LogP contribution in [-0.2, 0) is 23.7 Å². The lowest BCUT2D eigenvalue weighted by atomic mass is 10.1. The van der Waals surface area contributed by atoms with E-state index in [1.54, 1.807) is 48.7 Å². The van der Waals surface area contributed by atoms with Gasteiger partial charge in [-0.3, -0.25) is 34.1 Å². The molecule has 4 amide bonds. The molecule has 0 aliphatic carbocycles. The van der Waals surface area contributed by atoms with Gasteiger partial charge in [-0.15, -0.1) is 23.5 Å². The number of amides is 4. The molecule has 4 N–H and O–H groups in total. The second-order valence-corrected chi connectivity index (χ2v) is 15.4. The summed E-state index contributed by atoms with van der Waals surface area (Å²) in [4.78, 5) is 75.9. The molecule has 1 aliphatic rings. The van der Waals surface area contributed by atoms with Crippen LogP contribution >= 0.6 is 23.5 Å². The highest BCUT2D eigenvalue weighted by Crippen LogP contribution is 2.39. The lowest BCUT2D eigenvalue weighted by molar-refractivity contribution is -0.385. The Bertz CT molecular complexity index is 1870. The van der Waals surface area contributed by atoms with Gasteiger partial charge < -0.3 is 44.6 Å². The minimum atomic E-state index is -1.19. The fourth-order valence-corrected chi connectivity index (χ4v) is 8.89. The Morgan fingerprint density at radius 2 is 1.59 bits per heavy atom. The van der Waals surface area contributed by atoms with Crippen molar-refractivity contribution >= 4 is 70.2 Å². The number of likely N-dealkylation sites (tertiary alicyclic amines) is 1. The van der Waals surface area contributed by atoms with E-state index >= 15 is 0 Å². The lowest BCUT2D eigenvalue weighted by Gasteiger charge is -2.31. The summed E-state index contributed by atoms with van der Waals surface area (Å²) in [7, 11) is 4.58. The predicted molar refractivity (Wildman–Crippen MR) is 206 cm³/mol. The van der Waals surface area contributed by atoms with Crippen molar-refractivity contribution in [1.82, 2.24) is 19.4 Å². The van der Waals surface area contributed by atoms with Gasteiger partial charge in [0.05, 0.1) is 46.7 Å². The molecule has 2 aromatic heterocycles. The van der Waals surface area contributed by atoms with Crippen LogP contribution in [0.1, 0.15) is 70.9 Å². The summed E-state index contributed by atoms with van der Waals surface area (Å²) in [5.74, 6) is -1.08. The van der Waals surface area contributed by atoms with E-state index in [1.807, 2.05) is 0 Å². The standard InChI is InChI=1S/C35H45N7O10S2/c1-6-53-35(54-7-2)24-10-8-12-41(24)34(48)23-16-28(51-5)29(17-25(23)42(49)50)52-13-9-11-30(43)37-21-14-27(40(4)19-21)33(47)38-22-15-26(39(3)20-22)32(46)36-18-31(44)45/h14-17,19-20,24,35H,6-13,18H2,1-5H3,(H,36,46)(H,37,43)(H,38,47)(H,44,45)/t24-/m0/s1. The minimum Gasteiger partial charge on any atom is -0.493 e. The van der Waals surface area contributed by atoms with Crippen LogP contribution in [0.25, 0.3) is 0 Å². The average Bonchev–Trinajstić information content (AvgIpc) is 3.86. The van der Waals surface area contributed by atoms with Gasteiger partial charge >= 0.3 is 5.97 Å². The first-order valence-electron chi connectivity index (χ1n) is 17.2. The van der Waals surface area contributed by atoms with Crippen molar-refractivity contribution in [3.63, 3.8) is 0 Å². The van der Waals surface area contributed by atoms with Crippen molar-refractivity contribution in [2.75, 3.05) is 48.9 Å². The normalized spacial score (nSPS) is 13.8. The summed E-state index contributed by atoms with van der Waals surface area (Å²) in [6.45, 7) is 4.12. The zero-order valence-electron chi connectivity index (χ0n) is 30.7. The number of carbonyl (C=O) groups excluding carboxylic acids is 4. The maximum atomic E-state index is 13.8. The van der Waals surface area contributed by atoms with E-state index in [1.165, 1.54) is 46.7 Å². The largest absolute Gasteiger partial charge is 0.493 e. The number of ether oxygens (including phenoxy) is 2. The topological polar surface area (TPSA) is 216 Å². The maximum Gasteiger partial charge on any atom is 0.322 e. The predicted octanol–water partition coefficient (Wildman–Crippen LogP) is 4.58. The van der Waals surface area contributed by atoms with Gasteiger partial charge in [0.2, 0.25) is 5.91 Å². The van der Waals surface area contributed by atoms with E-state index in [2.05, 4.69) is 29.8 Å². The van der Waals surface area contributed by atoms with Crippen molar-refractivity contribution in [2.45, 2.75) is 50.2 Å². The number of aryl methyl sites for hydroxylation is 2. The molecule has 19 heteroatoms. The fraction of sp³-hybridized carbons (Fsp3) is 0.457. The van der Waals surface area contributed by atoms with Gasteiger partial charge in [-0.2, -0.15) is 0 Å². The third-order valence-corrected chi connectivity index (χ3v) is 11.2. The number of carboxylic acids is 1. The number of aliphatic carboxylic acids is 1. The van der Waals surface area contributed by atoms with Crippen LogP contribution < -0.4 is 25.4 Å². The smallest absolute Gasteiger partial charge is 0.322 e. The quantitative estimate of drug-likeness (QED) is 0.0569. The van der Waals surface area contributed by atoms with E-state index in [-0.39, 0.29) is 70.1 Å². The third kappa shape index (κ3) is 10.5. The van der Waals surface area contributed by atoms with E-state index in [0.717, 1.165) is 24.3 Å². The summed E-state index contributed by atoms with van der Waals surface area (Å²) < 4.78 is 14.4. The number of benzene rings is 1. The Hall–Kier alpha value is -5.17. The first-order chi connectivity index (χ1) is 25.8. The van der Waals surface area contributed by atoms with Gasteiger partial charge in [-0.25, -0.2) is 0 Å². The van der Waals surface area contributed by atoms with Crippen LogP contribution in [0.4, 0.5) is 17.1 Å². The van der Waals surface area contributed by atoms with Crippen LogP contribution in [0, 0.1) is 10.1 Å². The number of nitrogens with zero attached hydrogens (tertiary/aromatic N) is 4. The Balaban J connectivity index is 1.34. The van der Waals surface area contributed by atoms with Crippen LogP contribution in [0.15, 0.2) is 36.7 Å². The number of anilines is 2. The molecule has 17 nitrogen and oxygen atoms in total. The molecule has 0 saturated carbocycles. The minimum absolute atomic E-state index is 0.0163. The summed E-state index contributed by atoms with van der Waals surface area (Å²) >= 11 is 3.55. The zero-order valence-corrected chi connectivity index (χ0v) is 32.3. The number of nitro benzene ring substituents is 1. The van der Waals surface area contributed by atoms with Crippen molar-refractivity contribution in [2.24, 2.45) is 14.1 Å². The number of thioether (sulfide) groups is 2. The van der Waals surface area contributed by atoms with Crippen molar-refractivity contribution in [3.8, 4) is 11.5 Å². The first-order valence-corrected chi connectivity index (χ1v) is 19.3. The van der Waals surface area contributed by atoms with Crippen molar-refractivity contribution in [1.29, 1.82) is 0 Å². The fourth-order valence-electron chi connectivity index (χ4n) is 6.02. The van der Waals surface area contributed by atoms with Crippen molar-refractivity contribution < 1.29 is 43.5 Å². The number of nitrogens with one attached hydrogen (secondary N) is 3. The molecule has 1 saturated heterocycles. The Morgan fingerprint density at radius 1 is 0.963 bits per heavy atom. The van der Waals surface area contributed by atoms with Gasteiger partial charge in [0.1, 0.15) is 23.5 Å². The molecule has 1 fully saturated rings. The van der Waals surface area contributed by atoms with E-state index < -0.39 is 35.2 Å². The highest BCUT2D eigenvalue weighted by atomic mass is 32.2. The number of carbonyl (C=O) groups is 5. The highest BCUT2D eigenvalue weighted by molar-refractivity contribution is 8.17. The number of aromatic nitrogens is 2. The lowest BCUT2D eigenvalue weighted by Crippen LogP contribution is -2.41. The highest BCUT2D eigenvalue weighted by Gasteiger charge is 2.38. The molecular weight excluding hydrogens is 743 g/mol. The molecule has 54 heavy (non-hydrogen) atoms. The number of hydrogen-bond donors (Lipinski definition) is 4. The van der Waals surface area contributed by atoms with Crippen LogP contribution in [0.5, 0.6) is 11.5 Å². The average molecular weight is 788 g/mol. The molecule has 0 bridgehead atoms. The molecule has 0 radical (unpaired) electrons. The molecule has 0 spiro atoms. The Kier molecular flexibility index (Phi) is 14.8. The molecule has 1 aromatic carbocycles. The molecule has 0 unspecified atom stereocenters. The number of methoxy groups -OCH3 is 1. The molecule has 292 valence electrons. The van der Waals surface area contributed by atoms with Gasteiger partial charge in [-0.1, -0.05) is 13.8 Å². The van der Waals surface area contributed by atoms with Crippen LogP contribution in [0.2, 0.25) is 0 Å². The summed E-state index contributed by atoms with van der Waals surface area (Å²) in [5, 5.41) is 28.6.